The van der Waals surface area contributed by atoms with E-state index in [0.29, 0.717) is 5.56 Å². The molecule has 0 heterocycles. The van der Waals surface area contributed by atoms with Crippen LogP contribution in [0.1, 0.15) is 48.2 Å². The van der Waals surface area contributed by atoms with Gasteiger partial charge >= 0.3 is 0 Å². The molecule has 1 rings (SSSR count). The van der Waals surface area contributed by atoms with Gasteiger partial charge in [0, 0.05) is 0 Å². The van der Waals surface area contributed by atoms with E-state index in [1.165, 1.54) is 0 Å². The SMILES string of the molecule is CCc1ccc(C(C)C)c(C(=O)CNC)c1O. The van der Waals surface area contributed by atoms with Crippen LogP contribution in [0.4, 0.5) is 0 Å². The van der Waals surface area contributed by atoms with E-state index in [2.05, 4.69) is 5.32 Å². The van der Waals surface area contributed by atoms with Crippen molar-refractivity contribution in [3.05, 3.63) is 28.8 Å². The Hall–Kier alpha value is -1.35. The number of phenols is 1. The summed E-state index contributed by atoms with van der Waals surface area (Å²) in [6.07, 6.45) is 0.726. The van der Waals surface area contributed by atoms with Crippen molar-refractivity contribution in [2.24, 2.45) is 0 Å². The van der Waals surface area contributed by atoms with Crippen LogP contribution in [0.3, 0.4) is 0 Å². The van der Waals surface area contributed by atoms with E-state index < -0.39 is 0 Å². The van der Waals surface area contributed by atoms with Crippen LogP contribution < -0.4 is 5.32 Å². The van der Waals surface area contributed by atoms with E-state index in [1.54, 1.807) is 7.05 Å². The van der Waals surface area contributed by atoms with Gasteiger partial charge in [0.05, 0.1) is 12.1 Å². The van der Waals surface area contributed by atoms with Gasteiger partial charge in [0.25, 0.3) is 0 Å². The number of nitrogens with one attached hydrogen (secondary N) is 1. The summed E-state index contributed by atoms with van der Waals surface area (Å²) in [5, 5.41) is 13.0. The first-order chi connectivity index (χ1) is 8.02. The lowest BCUT2D eigenvalue weighted by Gasteiger charge is -2.15. The number of carbonyl (C=O) groups excluding carboxylic acids is 1. The van der Waals surface area contributed by atoms with Crippen LogP contribution in [0.25, 0.3) is 0 Å². The molecule has 2 N–H and O–H groups in total. The van der Waals surface area contributed by atoms with E-state index in [1.807, 2.05) is 32.9 Å². The van der Waals surface area contributed by atoms with Gasteiger partial charge in [-0.05, 0) is 30.5 Å². The molecule has 0 aliphatic rings. The quantitative estimate of drug-likeness (QED) is 0.771. The lowest BCUT2D eigenvalue weighted by atomic mass is 9.91. The van der Waals surface area contributed by atoms with Crippen molar-refractivity contribution in [2.45, 2.75) is 33.1 Å². The van der Waals surface area contributed by atoms with Gasteiger partial charge in [-0.3, -0.25) is 4.79 Å². The normalized spacial score (nSPS) is 10.9. The second-order valence-corrected chi connectivity index (χ2v) is 4.50. The minimum absolute atomic E-state index is 0.0519. The molecule has 1 aromatic carbocycles. The zero-order valence-electron chi connectivity index (χ0n) is 11.0. The van der Waals surface area contributed by atoms with Crippen molar-refractivity contribution in [2.75, 3.05) is 13.6 Å². The lowest BCUT2D eigenvalue weighted by Crippen LogP contribution is -2.20. The lowest BCUT2D eigenvalue weighted by molar-refractivity contribution is 0.0989. The Balaban J connectivity index is 3.34. The summed E-state index contributed by atoms with van der Waals surface area (Å²) in [6.45, 7) is 6.27. The second-order valence-electron chi connectivity index (χ2n) is 4.50. The first-order valence-electron chi connectivity index (χ1n) is 6.05. The fourth-order valence-corrected chi connectivity index (χ4v) is 1.96. The summed E-state index contributed by atoms with van der Waals surface area (Å²) in [6, 6.07) is 3.85. The van der Waals surface area contributed by atoms with Gasteiger partial charge in [0.2, 0.25) is 0 Å². The molecule has 0 amide bonds. The maximum atomic E-state index is 12.0. The van der Waals surface area contributed by atoms with E-state index in [0.717, 1.165) is 17.5 Å². The van der Waals surface area contributed by atoms with Crippen molar-refractivity contribution >= 4 is 5.78 Å². The molecule has 0 aliphatic heterocycles. The van der Waals surface area contributed by atoms with Gasteiger partial charge in [-0.2, -0.15) is 0 Å². The molecule has 0 aliphatic carbocycles. The Morgan fingerprint density at radius 2 is 2.06 bits per heavy atom. The van der Waals surface area contributed by atoms with Crippen LogP contribution >= 0.6 is 0 Å². The number of aryl methyl sites for hydroxylation is 1. The van der Waals surface area contributed by atoms with E-state index >= 15 is 0 Å². The molecule has 0 aromatic heterocycles. The van der Waals surface area contributed by atoms with Crippen LogP contribution in [0.2, 0.25) is 0 Å². The topological polar surface area (TPSA) is 49.3 Å². The number of Topliss-reactive ketones (excluding diaryl/α,β-unsaturated/α-hetero) is 1. The zero-order chi connectivity index (χ0) is 13.0. The molecule has 3 nitrogen and oxygen atoms in total. The molecule has 0 spiro atoms. The van der Waals surface area contributed by atoms with Crippen molar-refractivity contribution in [3.8, 4) is 5.75 Å². The van der Waals surface area contributed by atoms with Crippen LogP contribution in [0, 0.1) is 0 Å². The Bertz CT molecular complexity index is 411. The number of benzene rings is 1. The van der Waals surface area contributed by atoms with Crippen LogP contribution in [0.5, 0.6) is 5.75 Å². The molecule has 0 saturated heterocycles. The summed E-state index contributed by atoms with van der Waals surface area (Å²) < 4.78 is 0. The largest absolute Gasteiger partial charge is 0.507 e. The molecular formula is C14H21NO2. The van der Waals surface area contributed by atoms with Crippen molar-refractivity contribution < 1.29 is 9.90 Å². The second kappa shape index (κ2) is 5.82. The predicted octanol–water partition coefficient (Wildman–Crippen LogP) is 2.48. The number of phenolic OH excluding ortho intramolecular Hbond substituents is 1. The fraction of sp³-hybridized carbons (Fsp3) is 0.500. The Labute approximate surface area is 103 Å². The van der Waals surface area contributed by atoms with Crippen molar-refractivity contribution in [1.82, 2.24) is 5.32 Å². The highest BCUT2D eigenvalue weighted by molar-refractivity contribution is 6.02. The molecule has 0 bridgehead atoms. The molecule has 0 atom stereocenters. The first-order valence-corrected chi connectivity index (χ1v) is 6.05. The molecule has 0 saturated carbocycles. The number of ketones is 1. The third-order valence-corrected chi connectivity index (χ3v) is 2.91. The summed E-state index contributed by atoms with van der Waals surface area (Å²) in [4.78, 5) is 12.0. The summed E-state index contributed by atoms with van der Waals surface area (Å²) in [7, 11) is 1.73. The minimum Gasteiger partial charge on any atom is -0.507 e. The molecule has 3 heteroatoms. The van der Waals surface area contributed by atoms with Gasteiger partial charge in [0.1, 0.15) is 5.75 Å². The molecule has 0 fully saturated rings. The van der Waals surface area contributed by atoms with Gasteiger partial charge < -0.3 is 10.4 Å². The molecular weight excluding hydrogens is 214 g/mol. The minimum atomic E-state index is -0.0519. The Morgan fingerprint density at radius 1 is 1.41 bits per heavy atom. The predicted molar refractivity (Wildman–Crippen MR) is 69.8 cm³/mol. The Morgan fingerprint density at radius 3 is 2.53 bits per heavy atom. The third kappa shape index (κ3) is 2.86. The summed E-state index contributed by atoms with van der Waals surface area (Å²) >= 11 is 0. The number of likely N-dealkylation sites (N-methyl/N-ethyl adjacent to an activating group) is 1. The van der Waals surface area contributed by atoms with E-state index in [9.17, 15) is 9.90 Å². The molecule has 1 aromatic rings. The van der Waals surface area contributed by atoms with Gasteiger partial charge in [-0.15, -0.1) is 0 Å². The van der Waals surface area contributed by atoms with Crippen LogP contribution in [-0.2, 0) is 6.42 Å². The van der Waals surface area contributed by atoms with Gasteiger partial charge in [-0.25, -0.2) is 0 Å². The standard InChI is InChI=1S/C14H21NO2/c1-5-10-6-7-11(9(2)3)13(14(10)17)12(16)8-15-4/h6-7,9,15,17H,5,8H2,1-4H3. The van der Waals surface area contributed by atoms with Gasteiger partial charge in [-0.1, -0.05) is 32.9 Å². The zero-order valence-corrected chi connectivity index (χ0v) is 11.0. The van der Waals surface area contributed by atoms with Crippen LogP contribution in [0.15, 0.2) is 12.1 Å². The average molecular weight is 235 g/mol. The van der Waals surface area contributed by atoms with E-state index in [4.69, 9.17) is 0 Å². The summed E-state index contributed by atoms with van der Waals surface area (Å²) in [5.74, 6) is 0.325. The molecule has 94 valence electrons. The maximum absolute atomic E-state index is 12.0. The Kier molecular flexibility index (Phi) is 4.70. The maximum Gasteiger partial charge on any atom is 0.180 e. The van der Waals surface area contributed by atoms with Crippen molar-refractivity contribution in [1.29, 1.82) is 0 Å². The fourth-order valence-electron chi connectivity index (χ4n) is 1.96. The number of hydrogen-bond donors (Lipinski definition) is 2. The molecule has 0 unspecified atom stereocenters. The van der Waals surface area contributed by atoms with Crippen LogP contribution in [-0.4, -0.2) is 24.5 Å². The van der Waals surface area contributed by atoms with Gasteiger partial charge in [0.15, 0.2) is 5.78 Å². The number of rotatable bonds is 5. The third-order valence-electron chi connectivity index (χ3n) is 2.91. The first kappa shape index (κ1) is 13.7. The molecule has 0 radical (unpaired) electrons. The highest BCUT2D eigenvalue weighted by atomic mass is 16.3. The summed E-state index contributed by atoms with van der Waals surface area (Å²) in [5.41, 5.74) is 2.22. The number of hydrogen-bond acceptors (Lipinski definition) is 3. The van der Waals surface area contributed by atoms with Crippen molar-refractivity contribution in [3.63, 3.8) is 0 Å². The number of carbonyl (C=O) groups is 1. The monoisotopic (exact) mass is 235 g/mol. The number of aromatic hydroxyl groups is 1. The smallest absolute Gasteiger partial charge is 0.180 e. The van der Waals surface area contributed by atoms with E-state index in [-0.39, 0.29) is 24.0 Å². The highest BCUT2D eigenvalue weighted by Gasteiger charge is 2.19. The molecule has 17 heavy (non-hydrogen) atoms. The average Bonchev–Trinajstić information content (AvgIpc) is 2.28. The highest BCUT2D eigenvalue weighted by Crippen LogP contribution is 2.31.